The Kier molecular flexibility index (Phi) is 3.86. The van der Waals surface area contributed by atoms with Gasteiger partial charge in [-0.2, -0.15) is 0 Å². The summed E-state index contributed by atoms with van der Waals surface area (Å²) in [6.07, 6.45) is 0. The lowest BCUT2D eigenvalue weighted by molar-refractivity contribution is -0.122. The maximum absolute atomic E-state index is 13.9. The lowest BCUT2D eigenvalue weighted by Gasteiger charge is -2.14. The number of carbonyl (C=O) groups excluding carboxylic acids is 2. The molecule has 104 valence electrons. The number of hydrogen-bond donors (Lipinski definition) is 1. The van der Waals surface area contributed by atoms with Gasteiger partial charge in [-0.05, 0) is 18.2 Å². The third-order valence-corrected chi connectivity index (χ3v) is 3.51. The molecule has 2 unspecified atom stereocenters. The predicted molar refractivity (Wildman–Crippen MR) is 73.2 cm³/mol. The Labute approximate surface area is 116 Å². The van der Waals surface area contributed by atoms with Crippen LogP contribution in [0.3, 0.4) is 0 Å². The molecule has 0 aliphatic carbocycles. The molecular formula is C15H15FN2O2. The van der Waals surface area contributed by atoms with Crippen molar-refractivity contribution in [2.45, 2.75) is 13.8 Å². The third kappa shape index (κ3) is 2.30. The smallest absolute Gasteiger partial charge is 0.237 e. The number of anilines is 1. The van der Waals surface area contributed by atoms with Crippen molar-refractivity contribution in [2.75, 3.05) is 11.4 Å². The molecule has 1 aromatic carbocycles. The molecule has 1 aliphatic rings. The summed E-state index contributed by atoms with van der Waals surface area (Å²) in [5, 5.41) is 0. The average molecular weight is 274 g/mol. The Bertz CT molecular complexity index is 610. The number of nitrogens with zero attached hydrogens (tertiary/aromatic N) is 1. The molecular weight excluding hydrogens is 259 g/mol. The Morgan fingerprint density at radius 2 is 1.85 bits per heavy atom. The minimum Gasteiger partial charge on any atom is -0.320 e. The zero-order valence-electron chi connectivity index (χ0n) is 11.3. The molecule has 1 aromatic rings. The van der Waals surface area contributed by atoms with Gasteiger partial charge in [-0.25, -0.2) is 9.29 Å². The molecule has 0 spiro atoms. The molecule has 1 saturated heterocycles. The molecule has 2 rings (SSSR count). The molecule has 0 aromatic heterocycles. The molecule has 2 atom stereocenters. The molecule has 1 fully saturated rings. The van der Waals surface area contributed by atoms with Crippen molar-refractivity contribution in [3.05, 3.63) is 29.6 Å². The van der Waals surface area contributed by atoms with Crippen molar-refractivity contribution in [1.82, 2.24) is 0 Å². The number of amides is 2. The van der Waals surface area contributed by atoms with Gasteiger partial charge in [-0.15, -0.1) is 0 Å². The lowest BCUT2D eigenvalue weighted by Crippen LogP contribution is -2.30. The first-order chi connectivity index (χ1) is 9.47. The number of benzene rings is 1. The Morgan fingerprint density at radius 3 is 2.35 bits per heavy atom. The first-order valence-electron chi connectivity index (χ1n) is 6.33. The fourth-order valence-corrected chi connectivity index (χ4v) is 2.09. The normalized spacial score (nSPS) is 21.9. The highest BCUT2D eigenvalue weighted by Crippen LogP contribution is 2.31. The second-order valence-electron chi connectivity index (χ2n) is 4.76. The van der Waals surface area contributed by atoms with Crippen molar-refractivity contribution < 1.29 is 14.0 Å². The lowest BCUT2D eigenvalue weighted by atomic mass is 10.00. The van der Waals surface area contributed by atoms with E-state index in [0.29, 0.717) is 0 Å². The van der Waals surface area contributed by atoms with Gasteiger partial charge in [0.2, 0.25) is 11.8 Å². The summed E-state index contributed by atoms with van der Waals surface area (Å²) < 4.78 is 13.9. The van der Waals surface area contributed by atoms with Crippen LogP contribution in [0.15, 0.2) is 18.2 Å². The largest absolute Gasteiger partial charge is 0.320 e. The van der Waals surface area contributed by atoms with E-state index in [-0.39, 0.29) is 41.4 Å². The molecule has 2 N–H and O–H groups in total. The standard InChI is InChI=1S/C15H15FN2O2/c1-9-10(2)15(20)18(14(9)19)12-6-5-11(4-3-7-17)13(16)8-12/h5-6,8-10H,7,17H2,1-2H3. The molecule has 20 heavy (non-hydrogen) atoms. The molecule has 1 heterocycles. The fraction of sp³-hybridized carbons (Fsp3) is 0.333. The van der Waals surface area contributed by atoms with Gasteiger partial charge in [-0.1, -0.05) is 25.7 Å². The fourth-order valence-electron chi connectivity index (χ4n) is 2.09. The zero-order chi connectivity index (χ0) is 14.9. The van der Waals surface area contributed by atoms with Crippen LogP contribution in [0.5, 0.6) is 0 Å². The van der Waals surface area contributed by atoms with Crippen LogP contribution in [0.25, 0.3) is 0 Å². The molecule has 0 radical (unpaired) electrons. The van der Waals surface area contributed by atoms with Crippen LogP contribution in [0, 0.1) is 29.5 Å². The quantitative estimate of drug-likeness (QED) is 0.620. The van der Waals surface area contributed by atoms with E-state index in [0.717, 1.165) is 11.0 Å². The molecule has 5 heteroatoms. The maximum atomic E-state index is 13.9. The number of hydrogen-bond acceptors (Lipinski definition) is 3. The summed E-state index contributed by atoms with van der Waals surface area (Å²) in [5.41, 5.74) is 5.67. The molecule has 0 saturated carbocycles. The number of halogens is 1. The van der Waals surface area contributed by atoms with Crippen molar-refractivity contribution in [2.24, 2.45) is 17.6 Å². The van der Waals surface area contributed by atoms with Crippen LogP contribution in [0.4, 0.5) is 10.1 Å². The van der Waals surface area contributed by atoms with Crippen LogP contribution in [0.1, 0.15) is 19.4 Å². The van der Waals surface area contributed by atoms with Crippen LogP contribution < -0.4 is 10.6 Å². The van der Waals surface area contributed by atoms with E-state index in [4.69, 9.17) is 5.73 Å². The molecule has 2 amide bonds. The average Bonchev–Trinajstić information content (AvgIpc) is 2.62. The highest BCUT2D eigenvalue weighted by atomic mass is 19.1. The first kappa shape index (κ1) is 14.2. The number of nitrogens with two attached hydrogens (primary N) is 1. The summed E-state index contributed by atoms with van der Waals surface area (Å²) in [5.74, 6) is 3.20. The van der Waals surface area contributed by atoms with Gasteiger partial charge in [0.15, 0.2) is 0 Å². The van der Waals surface area contributed by atoms with Crippen molar-refractivity contribution in [1.29, 1.82) is 0 Å². The summed E-state index contributed by atoms with van der Waals surface area (Å²) in [6.45, 7) is 3.53. The summed E-state index contributed by atoms with van der Waals surface area (Å²) >= 11 is 0. The van der Waals surface area contributed by atoms with E-state index in [2.05, 4.69) is 11.8 Å². The monoisotopic (exact) mass is 274 g/mol. The van der Waals surface area contributed by atoms with E-state index < -0.39 is 5.82 Å². The molecule has 4 nitrogen and oxygen atoms in total. The van der Waals surface area contributed by atoms with E-state index >= 15 is 0 Å². The topological polar surface area (TPSA) is 63.4 Å². The van der Waals surface area contributed by atoms with Crippen LogP contribution in [0.2, 0.25) is 0 Å². The van der Waals surface area contributed by atoms with Gasteiger partial charge >= 0.3 is 0 Å². The summed E-state index contributed by atoms with van der Waals surface area (Å²) in [6, 6.07) is 4.12. The van der Waals surface area contributed by atoms with Gasteiger partial charge in [0, 0.05) is 11.8 Å². The second kappa shape index (κ2) is 5.43. The predicted octanol–water partition coefficient (Wildman–Crippen LogP) is 1.28. The van der Waals surface area contributed by atoms with E-state index in [1.165, 1.54) is 12.1 Å². The van der Waals surface area contributed by atoms with Gasteiger partial charge in [0.05, 0.1) is 17.8 Å². The van der Waals surface area contributed by atoms with Crippen LogP contribution in [-0.2, 0) is 9.59 Å². The Balaban J connectivity index is 2.38. The van der Waals surface area contributed by atoms with Gasteiger partial charge < -0.3 is 5.73 Å². The number of rotatable bonds is 1. The summed E-state index contributed by atoms with van der Waals surface area (Å²) in [7, 11) is 0. The minimum absolute atomic E-state index is 0.138. The zero-order valence-corrected chi connectivity index (χ0v) is 11.3. The highest BCUT2D eigenvalue weighted by Gasteiger charge is 2.43. The third-order valence-electron chi connectivity index (χ3n) is 3.51. The van der Waals surface area contributed by atoms with Crippen molar-refractivity contribution in [3.63, 3.8) is 0 Å². The van der Waals surface area contributed by atoms with E-state index in [9.17, 15) is 14.0 Å². The second-order valence-corrected chi connectivity index (χ2v) is 4.76. The number of carbonyl (C=O) groups is 2. The van der Waals surface area contributed by atoms with Crippen LogP contribution >= 0.6 is 0 Å². The Morgan fingerprint density at radius 1 is 1.25 bits per heavy atom. The van der Waals surface area contributed by atoms with E-state index in [1.54, 1.807) is 13.8 Å². The first-order valence-corrected chi connectivity index (χ1v) is 6.33. The van der Waals surface area contributed by atoms with E-state index in [1.807, 2.05) is 0 Å². The van der Waals surface area contributed by atoms with Gasteiger partial charge in [-0.3, -0.25) is 9.59 Å². The van der Waals surface area contributed by atoms with Gasteiger partial charge in [0.25, 0.3) is 0 Å². The SMILES string of the molecule is CC1C(=O)N(c2ccc(C#CCN)c(F)c2)C(=O)C1C. The van der Waals surface area contributed by atoms with Gasteiger partial charge in [0.1, 0.15) is 5.82 Å². The number of imide groups is 1. The van der Waals surface area contributed by atoms with Crippen LogP contribution in [-0.4, -0.2) is 18.4 Å². The summed E-state index contributed by atoms with van der Waals surface area (Å²) in [4.78, 5) is 25.1. The minimum atomic E-state index is -0.573. The maximum Gasteiger partial charge on any atom is 0.237 e. The molecule has 0 bridgehead atoms. The van der Waals surface area contributed by atoms with Crippen molar-refractivity contribution in [3.8, 4) is 11.8 Å². The molecule has 1 aliphatic heterocycles. The highest BCUT2D eigenvalue weighted by molar-refractivity contribution is 6.21. The van der Waals surface area contributed by atoms with Crippen molar-refractivity contribution >= 4 is 17.5 Å². The Hall–Kier alpha value is -2.19.